The lowest BCUT2D eigenvalue weighted by Crippen LogP contribution is -2.23. The summed E-state index contributed by atoms with van der Waals surface area (Å²) < 4.78 is 9.82. The predicted octanol–water partition coefficient (Wildman–Crippen LogP) is 2.53. The molecule has 2 heterocycles. The Morgan fingerprint density at radius 1 is 1.15 bits per heavy atom. The van der Waals surface area contributed by atoms with E-state index in [0.29, 0.717) is 17.0 Å². The van der Waals surface area contributed by atoms with Crippen molar-refractivity contribution in [3.8, 4) is 0 Å². The Balaban J connectivity index is 1.65. The summed E-state index contributed by atoms with van der Waals surface area (Å²) in [6, 6.07) is 11.7. The zero-order valence-electron chi connectivity index (χ0n) is 13.9. The number of anilines is 2. The van der Waals surface area contributed by atoms with E-state index in [4.69, 9.17) is 4.42 Å². The van der Waals surface area contributed by atoms with Crippen LogP contribution in [0.25, 0.3) is 0 Å². The van der Waals surface area contributed by atoms with E-state index in [1.54, 1.807) is 42.7 Å². The number of furan rings is 1. The fourth-order valence-corrected chi connectivity index (χ4v) is 2.15. The third-order valence-corrected chi connectivity index (χ3v) is 3.45. The molecule has 132 valence electrons. The van der Waals surface area contributed by atoms with Crippen molar-refractivity contribution in [2.75, 3.05) is 12.4 Å². The van der Waals surface area contributed by atoms with E-state index < -0.39 is 5.97 Å². The molecular formula is C18H16N4O4. The summed E-state index contributed by atoms with van der Waals surface area (Å²) in [5.74, 6) is 0.161. The van der Waals surface area contributed by atoms with Gasteiger partial charge in [0.1, 0.15) is 11.5 Å². The summed E-state index contributed by atoms with van der Waals surface area (Å²) in [5, 5.41) is 5.70. The third kappa shape index (κ3) is 4.23. The van der Waals surface area contributed by atoms with Crippen LogP contribution in [0.3, 0.4) is 0 Å². The highest BCUT2D eigenvalue weighted by Crippen LogP contribution is 2.14. The highest BCUT2D eigenvalue weighted by Gasteiger charge is 2.10. The molecule has 0 aliphatic heterocycles. The van der Waals surface area contributed by atoms with Gasteiger partial charge in [-0.15, -0.1) is 0 Å². The number of aromatic nitrogens is 2. The molecule has 8 heteroatoms. The molecule has 3 rings (SSSR count). The van der Waals surface area contributed by atoms with Crippen molar-refractivity contribution in [3.05, 3.63) is 71.9 Å². The minimum Gasteiger partial charge on any atom is -0.467 e. The van der Waals surface area contributed by atoms with Crippen LogP contribution in [-0.2, 0) is 11.3 Å². The highest BCUT2D eigenvalue weighted by atomic mass is 16.5. The van der Waals surface area contributed by atoms with Crippen LogP contribution in [0.1, 0.15) is 26.6 Å². The van der Waals surface area contributed by atoms with E-state index in [1.807, 2.05) is 0 Å². The zero-order valence-corrected chi connectivity index (χ0v) is 13.9. The molecule has 26 heavy (non-hydrogen) atoms. The topological polar surface area (TPSA) is 106 Å². The number of hydrogen-bond donors (Lipinski definition) is 2. The fraction of sp³-hybridized carbons (Fsp3) is 0.111. The molecule has 0 spiro atoms. The SMILES string of the molecule is COC(=O)c1ccc(Nc2nccc(C(=O)NCc3ccco3)n2)cc1. The summed E-state index contributed by atoms with van der Waals surface area (Å²) in [5.41, 5.74) is 1.33. The fourth-order valence-electron chi connectivity index (χ4n) is 2.15. The summed E-state index contributed by atoms with van der Waals surface area (Å²) in [4.78, 5) is 31.9. The molecule has 0 fully saturated rings. The van der Waals surface area contributed by atoms with Gasteiger partial charge in [0.2, 0.25) is 5.95 Å². The molecule has 0 radical (unpaired) electrons. The van der Waals surface area contributed by atoms with Crippen LogP contribution in [-0.4, -0.2) is 29.0 Å². The number of amides is 1. The lowest BCUT2D eigenvalue weighted by molar-refractivity contribution is 0.0600. The first-order chi connectivity index (χ1) is 12.7. The van der Waals surface area contributed by atoms with Crippen LogP contribution in [0, 0.1) is 0 Å². The van der Waals surface area contributed by atoms with Crippen LogP contribution < -0.4 is 10.6 Å². The van der Waals surface area contributed by atoms with Gasteiger partial charge >= 0.3 is 5.97 Å². The van der Waals surface area contributed by atoms with E-state index in [0.717, 1.165) is 0 Å². The average molecular weight is 352 g/mol. The largest absolute Gasteiger partial charge is 0.467 e. The smallest absolute Gasteiger partial charge is 0.337 e. The minimum atomic E-state index is -0.414. The normalized spacial score (nSPS) is 10.2. The second kappa shape index (κ2) is 7.93. The van der Waals surface area contributed by atoms with Crippen molar-refractivity contribution in [1.82, 2.24) is 15.3 Å². The monoisotopic (exact) mass is 352 g/mol. The Morgan fingerprint density at radius 2 is 1.96 bits per heavy atom. The average Bonchev–Trinajstić information content (AvgIpc) is 3.20. The van der Waals surface area contributed by atoms with Gasteiger partial charge in [0, 0.05) is 11.9 Å². The van der Waals surface area contributed by atoms with Gasteiger partial charge in [-0.05, 0) is 42.5 Å². The van der Waals surface area contributed by atoms with Gasteiger partial charge in [-0.1, -0.05) is 0 Å². The van der Waals surface area contributed by atoms with Crippen molar-refractivity contribution in [2.45, 2.75) is 6.54 Å². The number of carbonyl (C=O) groups excluding carboxylic acids is 2. The minimum absolute atomic E-state index is 0.222. The second-order valence-electron chi connectivity index (χ2n) is 5.22. The van der Waals surface area contributed by atoms with Gasteiger partial charge in [-0.25, -0.2) is 14.8 Å². The summed E-state index contributed by atoms with van der Waals surface area (Å²) in [6.07, 6.45) is 3.03. The molecule has 1 aromatic carbocycles. The molecule has 0 saturated heterocycles. The van der Waals surface area contributed by atoms with Gasteiger partial charge in [0.05, 0.1) is 25.5 Å². The van der Waals surface area contributed by atoms with E-state index in [9.17, 15) is 9.59 Å². The van der Waals surface area contributed by atoms with Crippen LogP contribution in [0.4, 0.5) is 11.6 Å². The molecule has 2 aromatic heterocycles. The zero-order chi connectivity index (χ0) is 18.4. The quantitative estimate of drug-likeness (QED) is 0.657. The molecule has 0 unspecified atom stereocenters. The number of nitrogens with zero attached hydrogens (tertiary/aromatic N) is 2. The number of carbonyl (C=O) groups is 2. The Kier molecular flexibility index (Phi) is 5.23. The van der Waals surface area contributed by atoms with Crippen molar-refractivity contribution >= 4 is 23.5 Å². The van der Waals surface area contributed by atoms with Crippen molar-refractivity contribution < 1.29 is 18.7 Å². The lowest BCUT2D eigenvalue weighted by atomic mass is 10.2. The van der Waals surface area contributed by atoms with Gasteiger partial charge in [0.15, 0.2) is 0 Å². The van der Waals surface area contributed by atoms with E-state index in [2.05, 4.69) is 25.3 Å². The third-order valence-electron chi connectivity index (χ3n) is 3.45. The maximum atomic E-state index is 12.2. The van der Waals surface area contributed by atoms with Gasteiger partial charge in [0.25, 0.3) is 5.91 Å². The van der Waals surface area contributed by atoms with E-state index >= 15 is 0 Å². The Labute approximate surface area is 149 Å². The first-order valence-electron chi connectivity index (χ1n) is 7.75. The number of ether oxygens (including phenoxy) is 1. The van der Waals surface area contributed by atoms with Gasteiger partial charge < -0.3 is 19.8 Å². The van der Waals surface area contributed by atoms with Crippen molar-refractivity contribution in [3.63, 3.8) is 0 Å². The van der Waals surface area contributed by atoms with Crippen LogP contribution in [0.15, 0.2) is 59.3 Å². The van der Waals surface area contributed by atoms with E-state index in [-0.39, 0.29) is 24.1 Å². The Bertz CT molecular complexity index is 892. The predicted molar refractivity (Wildman–Crippen MR) is 93.0 cm³/mol. The Morgan fingerprint density at radius 3 is 2.65 bits per heavy atom. The molecule has 0 aliphatic carbocycles. The molecule has 0 bridgehead atoms. The standard InChI is InChI=1S/C18H16N4O4/c1-25-17(24)12-4-6-13(7-5-12)21-18-19-9-8-15(22-18)16(23)20-11-14-3-2-10-26-14/h2-10H,11H2,1H3,(H,20,23)(H,19,21,22). The van der Waals surface area contributed by atoms with Crippen LogP contribution in [0.2, 0.25) is 0 Å². The molecule has 0 atom stereocenters. The molecular weight excluding hydrogens is 336 g/mol. The second-order valence-corrected chi connectivity index (χ2v) is 5.22. The summed E-state index contributed by atoms with van der Waals surface area (Å²) in [7, 11) is 1.32. The molecule has 1 amide bonds. The van der Waals surface area contributed by atoms with Crippen molar-refractivity contribution in [1.29, 1.82) is 0 Å². The molecule has 3 aromatic rings. The maximum Gasteiger partial charge on any atom is 0.337 e. The van der Waals surface area contributed by atoms with Gasteiger partial charge in [-0.2, -0.15) is 0 Å². The number of rotatable bonds is 6. The number of hydrogen-bond acceptors (Lipinski definition) is 7. The summed E-state index contributed by atoms with van der Waals surface area (Å²) >= 11 is 0. The molecule has 8 nitrogen and oxygen atoms in total. The Hall–Kier alpha value is -3.68. The number of nitrogens with one attached hydrogen (secondary N) is 2. The van der Waals surface area contributed by atoms with Crippen molar-refractivity contribution in [2.24, 2.45) is 0 Å². The first-order valence-corrected chi connectivity index (χ1v) is 7.75. The number of esters is 1. The lowest BCUT2D eigenvalue weighted by Gasteiger charge is -2.07. The first kappa shape index (κ1) is 17.2. The van der Waals surface area contributed by atoms with Gasteiger partial charge in [-0.3, -0.25) is 4.79 Å². The molecule has 0 aliphatic rings. The van der Waals surface area contributed by atoms with Crippen LogP contribution in [0.5, 0.6) is 0 Å². The summed E-state index contributed by atoms with van der Waals surface area (Å²) in [6.45, 7) is 0.271. The highest BCUT2D eigenvalue weighted by molar-refractivity contribution is 5.92. The van der Waals surface area contributed by atoms with Crippen LogP contribution >= 0.6 is 0 Å². The number of methoxy groups -OCH3 is 1. The molecule has 0 saturated carbocycles. The van der Waals surface area contributed by atoms with E-state index in [1.165, 1.54) is 19.4 Å². The maximum absolute atomic E-state index is 12.2. The molecule has 2 N–H and O–H groups in total. The number of benzene rings is 1.